The van der Waals surface area contributed by atoms with E-state index in [1.165, 1.54) is 0 Å². The minimum atomic E-state index is -3.64. The molecule has 1 amide bonds. The molecule has 0 heterocycles. The minimum absolute atomic E-state index is 0.340. The number of nitrogens with zero attached hydrogens (tertiary/aromatic N) is 1. The van der Waals surface area contributed by atoms with Gasteiger partial charge in [0.1, 0.15) is 12.3 Å². The molecular weight excluding hydrogens is 364 g/mol. The molecule has 0 aliphatic carbocycles. The summed E-state index contributed by atoms with van der Waals surface area (Å²) >= 11 is 5.92. The van der Waals surface area contributed by atoms with Crippen LogP contribution in [0.4, 0.5) is 11.4 Å². The van der Waals surface area contributed by atoms with Gasteiger partial charge in [-0.2, -0.15) is 0 Å². The number of benzene rings is 2. The number of anilines is 2. The Labute approximate surface area is 152 Å². The first-order valence-corrected chi connectivity index (χ1v) is 9.61. The van der Waals surface area contributed by atoms with Gasteiger partial charge in [-0.15, -0.1) is 0 Å². The molecule has 25 heavy (non-hydrogen) atoms. The van der Waals surface area contributed by atoms with Crippen LogP contribution in [0.2, 0.25) is 5.02 Å². The van der Waals surface area contributed by atoms with E-state index in [4.69, 9.17) is 16.3 Å². The Hall–Kier alpha value is -2.25. The van der Waals surface area contributed by atoms with E-state index in [9.17, 15) is 13.2 Å². The van der Waals surface area contributed by atoms with E-state index >= 15 is 0 Å². The van der Waals surface area contributed by atoms with Crippen molar-refractivity contribution >= 4 is 38.9 Å². The summed E-state index contributed by atoms with van der Waals surface area (Å²) in [5.74, 6) is 0.206. The molecule has 0 radical (unpaired) electrons. The molecule has 6 nitrogen and oxygen atoms in total. The number of hydrogen-bond donors (Lipinski definition) is 1. The van der Waals surface area contributed by atoms with Gasteiger partial charge in [-0.05, 0) is 55.0 Å². The fourth-order valence-corrected chi connectivity index (χ4v) is 3.43. The van der Waals surface area contributed by atoms with Crippen LogP contribution in [0, 0.1) is 6.92 Å². The van der Waals surface area contributed by atoms with E-state index in [1.807, 2.05) is 0 Å². The van der Waals surface area contributed by atoms with E-state index in [0.717, 1.165) is 10.6 Å². The third-order valence-electron chi connectivity index (χ3n) is 3.49. The minimum Gasteiger partial charge on any atom is -0.497 e. The second kappa shape index (κ2) is 7.76. The Morgan fingerprint density at radius 3 is 2.36 bits per heavy atom. The average molecular weight is 383 g/mol. The van der Waals surface area contributed by atoms with Gasteiger partial charge in [0.15, 0.2) is 0 Å². The van der Waals surface area contributed by atoms with Crippen molar-refractivity contribution in [1.29, 1.82) is 0 Å². The molecule has 1 N–H and O–H groups in total. The second-order valence-corrected chi connectivity index (χ2v) is 7.82. The molecule has 0 bridgehead atoms. The summed E-state index contributed by atoms with van der Waals surface area (Å²) in [6, 6.07) is 11.6. The smallest absolute Gasteiger partial charge is 0.245 e. The van der Waals surface area contributed by atoms with Crippen molar-refractivity contribution in [2.75, 3.05) is 29.5 Å². The number of ether oxygens (including phenoxy) is 1. The Bertz CT molecular complexity index is 867. The molecule has 0 aliphatic rings. The molecule has 134 valence electrons. The number of aryl methyl sites for hydroxylation is 1. The summed E-state index contributed by atoms with van der Waals surface area (Å²) in [5, 5.41) is 3.17. The summed E-state index contributed by atoms with van der Waals surface area (Å²) in [6.45, 7) is 1.40. The molecule has 0 aliphatic heterocycles. The lowest BCUT2D eigenvalue weighted by atomic mass is 10.2. The molecule has 0 aromatic heterocycles. The van der Waals surface area contributed by atoms with E-state index in [-0.39, 0.29) is 6.54 Å². The molecule has 0 unspecified atom stereocenters. The standard InChI is InChI=1S/C17H19ClN2O4S/c1-12-10-13(18)4-9-16(12)20(25(3,22)23)11-17(21)19-14-5-7-15(24-2)8-6-14/h4-10H,11H2,1-3H3,(H,19,21). The third-order valence-corrected chi connectivity index (χ3v) is 4.85. The van der Waals surface area contributed by atoms with Crippen molar-refractivity contribution < 1.29 is 17.9 Å². The molecule has 2 aromatic carbocycles. The summed E-state index contributed by atoms with van der Waals surface area (Å²) < 4.78 is 30.4. The number of nitrogens with one attached hydrogen (secondary N) is 1. The van der Waals surface area contributed by atoms with Gasteiger partial charge < -0.3 is 10.1 Å². The topological polar surface area (TPSA) is 75.7 Å². The summed E-state index contributed by atoms with van der Waals surface area (Å²) in [7, 11) is -2.09. The number of methoxy groups -OCH3 is 1. The van der Waals surface area contributed by atoms with Crippen molar-refractivity contribution in [1.82, 2.24) is 0 Å². The number of carbonyl (C=O) groups excluding carboxylic acids is 1. The van der Waals surface area contributed by atoms with Crippen LogP contribution >= 0.6 is 11.6 Å². The molecule has 0 atom stereocenters. The molecule has 8 heteroatoms. The van der Waals surface area contributed by atoms with Crippen molar-refractivity contribution in [3.05, 3.63) is 53.1 Å². The number of halogens is 1. The Morgan fingerprint density at radius 1 is 1.20 bits per heavy atom. The highest BCUT2D eigenvalue weighted by atomic mass is 35.5. The monoisotopic (exact) mass is 382 g/mol. The quantitative estimate of drug-likeness (QED) is 0.833. The van der Waals surface area contributed by atoms with Gasteiger partial charge in [0.25, 0.3) is 0 Å². The molecule has 0 saturated carbocycles. The summed E-state index contributed by atoms with van der Waals surface area (Å²) in [6.07, 6.45) is 1.06. The summed E-state index contributed by atoms with van der Waals surface area (Å²) in [4.78, 5) is 12.3. The fraction of sp³-hybridized carbons (Fsp3) is 0.235. The molecule has 0 spiro atoms. The first kappa shape index (κ1) is 19.1. The number of amides is 1. The molecule has 0 saturated heterocycles. The van der Waals surface area contributed by atoms with E-state index < -0.39 is 15.9 Å². The largest absolute Gasteiger partial charge is 0.497 e. The van der Waals surface area contributed by atoms with Gasteiger partial charge in [-0.3, -0.25) is 9.10 Å². The highest BCUT2D eigenvalue weighted by Crippen LogP contribution is 2.25. The molecule has 2 aromatic rings. The Kier molecular flexibility index (Phi) is 5.92. The van der Waals surface area contributed by atoms with Crippen molar-refractivity contribution in [2.45, 2.75) is 6.92 Å². The maximum absolute atomic E-state index is 12.3. The normalized spacial score (nSPS) is 11.0. The first-order valence-electron chi connectivity index (χ1n) is 7.38. The van der Waals surface area contributed by atoms with Gasteiger partial charge in [0, 0.05) is 10.7 Å². The van der Waals surface area contributed by atoms with Gasteiger partial charge in [0.05, 0.1) is 19.1 Å². The first-order chi connectivity index (χ1) is 11.7. The van der Waals surface area contributed by atoms with Gasteiger partial charge in [0.2, 0.25) is 15.9 Å². The maximum Gasteiger partial charge on any atom is 0.245 e. The van der Waals surface area contributed by atoms with Crippen molar-refractivity contribution in [3.8, 4) is 5.75 Å². The number of sulfonamides is 1. The Morgan fingerprint density at radius 2 is 1.84 bits per heavy atom. The van der Waals surface area contributed by atoms with Crippen molar-refractivity contribution in [2.24, 2.45) is 0 Å². The predicted molar refractivity (Wildman–Crippen MR) is 100 cm³/mol. The zero-order valence-electron chi connectivity index (χ0n) is 14.1. The van der Waals surface area contributed by atoms with Gasteiger partial charge >= 0.3 is 0 Å². The zero-order valence-corrected chi connectivity index (χ0v) is 15.7. The highest BCUT2D eigenvalue weighted by molar-refractivity contribution is 7.92. The SMILES string of the molecule is COc1ccc(NC(=O)CN(c2ccc(Cl)cc2C)S(C)(=O)=O)cc1. The fourth-order valence-electron chi connectivity index (χ4n) is 2.29. The van der Waals surface area contributed by atoms with Crippen LogP contribution < -0.4 is 14.4 Å². The van der Waals surface area contributed by atoms with E-state index in [0.29, 0.717) is 27.7 Å². The van der Waals surface area contributed by atoms with Crippen LogP contribution in [-0.4, -0.2) is 34.2 Å². The van der Waals surface area contributed by atoms with Crippen LogP contribution in [0.1, 0.15) is 5.56 Å². The van der Waals surface area contributed by atoms with Crippen LogP contribution in [-0.2, 0) is 14.8 Å². The molecule has 0 fully saturated rings. The van der Waals surface area contributed by atoms with Crippen LogP contribution in [0.3, 0.4) is 0 Å². The lowest BCUT2D eigenvalue weighted by Gasteiger charge is -2.23. The maximum atomic E-state index is 12.3. The summed E-state index contributed by atoms with van der Waals surface area (Å²) in [5.41, 5.74) is 1.62. The van der Waals surface area contributed by atoms with E-state index in [2.05, 4.69) is 5.32 Å². The lowest BCUT2D eigenvalue weighted by Crippen LogP contribution is -2.37. The molecular formula is C17H19ClN2O4S. The number of hydrogen-bond acceptors (Lipinski definition) is 4. The predicted octanol–water partition coefficient (Wildman–Crippen LogP) is 3.06. The van der Waals surface area contributed by atoms with Crippen LogP contribution in [0.15, 0.2) is 42.5 Å². The number of rotatable bonds is 6. The third kappa shape index (κ3) is 5.11. The highest BCUT2D eigenvalue weighted by Gasteiger charge is 2.22. The van der Waals surface area contributed by atoms with Gasteiger partial charge in [-0.25, -0.2) is 8.42 Å². The molecule has 2 rings (SSSR count). The zero-order chi connectivity index (χ0) is 18.6. The van der Waals surface area contributed by atoms with Crippen molar-refractivity contribution in [3.63, 3.8) is 0 Å². The second-order valence-electron chi connectivity index (χ2n) is 5.48. The Balaban J connectivity index is 2.20. The van der Waals surface area contributed by atoms with Gasteiger partial charge in [-0.1, -0.05) is 11.6 Å². The van der Waals surface area contributed by atoms with Crippen LogP contribution in [0.5, 0.6) is 5.75 Å². The van der Waals surface area contributed by atoms with Crippen LogP contribution in [0.25, 0.3) is 0 Å². The van der Waals surface area contributed by atoms with E-state index in [1.54, 1.807) is 56.5 Å². The average Bonchev–Trinajstić information content (AvgIpc) is 2.53. The number of carbonyl (C=O) groups is 1. The lowest BCUT2D eigenvalue weighted by molar-refractivity contribution is -0.114.